The minimum absolute atomic E-state index is 0.571. The van der Waals surface area contributed by atoms with E-state index >= 15 is 0 Å². The van der Waals surface area contributed by atoms with E-state index in [0.29, 0.717) is 17.5 Å². The highest BCUT2D eigenvalue weighted by Crippen LogP contribution is 2.40. The first kappa shape index (κ1) is 29.7. The van der Waals surface area contributed by atoms with Crippen molar-refractivity contribution in [1.29, 1.82) is 0 Å². The number of para-hydroxylation sites is 2. The zero-order chi connectivity index (χ0) is 34.9. The summed E-state index contributed by atoms with van der Waals surface area (Å²) in [4.78, 5) is 20.2. The number of aromatic nitrogens is 4. The molecule has 0 atom stereocenters. The third-order valence-electron chi connectivity index (χ3n) is 9.81. The molecule has 11 rings (SSSR count). The van der Waals surface area contributed by atoms with Gasteiger partial charge in [0.1, 0.15) is 27.3 Å². The van der Waals surface area contributed by atoms with Crippen molar-refractivity contribution in [3.8, 4) is 55.9 Å². The van der Waals surface area contributed by atoms with Gasteiger partial charge in [-0.1, -0.05) is 115 Å². The van der Waals surface area contributed by atoms with Crippen molar-refractivity contribution in [3.63, 3.8) is 0 Å². The molecule has 7 aromatic carbocycles. The fourth-order valence-electron chi connectivity index (χ4n) is 7.29. The minimum atomic E-state index is 0.571. The highest BCUT2D eigenvalue weighted by atomic mass is 32.1. The summed E-state index contributed by atoms with van der Waals surface area (Å²) in [5, 5.41) is 4.98. The highest BCUT2D eigenvalue weighted by molar-refractivity contribution is 7.21. The van der Waals surface area contributed by atoms with Crippen molar-refractivity contribution in [3.05, 3.63) is 158 Å². The van der Waals surface area contributed by atoms with Gasteiger partial charge in [0.2, 0.25) is 0 Å². The molecule has 0 unspecified atom stereocenters. The fourth-order valence-corrected chi connectivity index (χ4v) is 8.26. The van der Waals surface area contributed by atoms with E-state index in [1.54, 1.807) is 11.3 Å². The van der Waals surface area contributed by atoms with Gasteiger partial charge in [0, 0.05) is 43.8 Å². The summed E-state index contributed by atoms with van der Waals surface area (Å²) >= 11 is 1.71. The van der Waals surface area contributed by atoms with Crippen LogP contribution < -0.4 is 0 Å². The second-order valence-corrected chi connectivity index (χ2v) is 14.0. The second-order valence-electron chi connectivity index (χ2n) is 13.0. The van der Waals surface area contributed by atoms with Gasteiger partial charge in [0.15, 0.2) is 17.5 Å². The summed E-state index contributed by atoms with van der Waals surface area (Å²) < 4.78 is 14.0. The van der Waals surface area contributed by atoms with Crippen molar-refractivity contribution in [2.45, 2.75) is 0 Å². The lowest BCUT2D eigenvalue weighted by atomic mass is 10.0. The van der Waals surface area contributed by atoms with Crippen LogP contribution >= 0.6 is 11.3 Å². The first-order valence-electron chi connectivity index (χ1n) is 17.4. The topological polar surface area (TPSA) is 77.8 Å². The van der Waals surface area contributed by atoms with Crippen molar-refractivity contribution < 1.29 is 8.83 Å². The summed E-state index contributed by atoms with van der Waals surface area (Å²) in [5.74, 6) is 1.74. The third kappa shape index (κ3) is 4.93. The van der Waals surface area contributed by atoms with Crippen molar-refractivity contribution in [2.75, 3.05) is 0 Å². The summed E-state index contributed by atoms with van der Waals surface area (Å²) in [7, 11) is 0. The maximum Gasteiger partial charge on any atom is 0.164 e. The Morgan fingerprint density at radius 1 is 0.377 bits per heavy atom. The standard InChI is InChI=1S/C46H26N4O2S/c1-2-10-28(11-3-1)43-48-44(33-13-8-17-37-41(33)31-12-4-6-16-36(31)51-37)50-45(49-43)34-14-9-18-38-42(34)32-25-24-30(26-39(32)52-38)27-20-22-29(23-21-27)46-47-35-15-5-7-19-40(35)53-46/h1-26H. The van der Waals surface area contributed by atoms with Crippen LogP contribution in [-0.2, 0) is 0 Å². The largest absolute Gasteiger partial charge is 0.456 e. The van der Waals surface area contributed by atoms with E-state index in [0.717, 1.165) is 87.8 Å². The summed E-state index contributed by atoms with van der Waals surface area (Å²) in [6, 6.07) is 53.5. The number of nitrogens with zero attached hydrogens (tertiary/aromatic N) is 4. The molecule has 0 saturated heterocycles. The van der Waals surface area contributed by atoms with Crippen LogP contribution in [0.5, 0.6) is 0 Å². The van der Waals surface area contributed by atoms with Crippen LogP contribution in [0.25, 0.3) is 110 Å². The number of benzene rings is 7. The number of furan rings is 2. The molecule has 0 amide bonds. The van der Waals surface area contributed by atoms with Crippen LogP contribution in [0, 0.1) is 0 Å². The Kier molecular flexibility index (Phi) is 6.62. The maximum absolute atomic E-state index is 6.54. The van der Waals surface area contributed by atoms with Crippen molar-refractivity contribution in [1.82, 2.24) is 19.9 Å². The van der Waals surface area contributed by atoms with Crippen LogP contribution in [0.4, 0.5) is 0 Å². The molecule has 0 spiro atoms. The maximum atomic E-state index is 6.54. The molecule has 248 valence electrons. The first-order chi connectivity index (χ1) is 26.2. The third-order valence-corrected chi connectivity index (χ3v) is 10.9. The van der Waals surface area contributed by atoms with E-state index in [-0.39, 0.29) is 0 Å². The molecule has 0 saturated carbocycles. The molecule has 0 N–H and O–H groups in total. The van der Waals surface area contributed by atoms with Crippen molar-refractivity contribution >= 4 is 65.4 Å². The lowest BCUT2D eigenvalue weighted by Crippen LogP contribution is -2.00. The monoisotopic (exact) mass is 698 g/mol. The lowest BCUT2D eigenvalue weighted by Gasteiger charge is -2.10. The predicted octanol–water partition coefficient (Wildman–Crippen LogP) is 12.6. The molecule has 0 fully saturated rings. The number of hydrogen-bond acceptors (Lipinski definition) is 7. The average Bonchev–Trinajstić information content (AvgIpc) is 3.94. The van der Waals surface area contributed by atoms with Crippen LogP contribution in [0.15, 0.2) is 167 Å². The van der Waals surface area contributed by atoms with Gasteiger partial charge in [-0.25, -0.2) is 19.9 Å². The second kappa shape index (κ2) is 11.8. The number of hydrogen-bond donors (Lipinski definition) is 0. The summed E-state index contributed by atoms with van der Waals surface area (Å²) in [6.07, 6.45) is 0. The molecule has 0 aliphatic heterocycles. The Bertz CT molecular complexity index is 3150. The molecule has 6 nitrogen and oxygen atoms in total. The van der Waals surface area contributed by atoms with Gasteiger partial charge in [-0.2, -0.15) is 0 Å². The Labute approximate surface area is 306 Å². The van der Waals surface area contributed by atoms with E-state index in [1.807, 2.05) is 78.9 Å². The van der Waals surface area contributed by atoms with E-state index in [1.165, 1.54) is 4.70 Å². The SMILES string of the molecule is c1ccc(-c2nc(-c3cccc4oc5ccccc5c34)nc(-c3cccc4oc5cc(-c6ccc(-c7nc8ccccc8s7)cc6)ccc5c34)n2)cc1. The lowest BCUT2D eigenvalue weighted by molar-refractivity contribution is 0.668. The summed E-state index contributed by atoms with van der Waals surface area (Å²) in [5.41, 5.74) is 10.2. The number of rotatable bonds is 5. The molecule has 0 radical (unpaired) electrons. The Morgan fingerprint density at radius 2 is 0.962 bits per heavy atom. The van der Waals surface area contributed by atoms with Gasteiger partial charge in [0.25, 0.3) is 0 Å². The van der Waals surface area contributed by atoms with Crippen LogP contribution in [-0.4, -0.2) is 19.9 Å². The van der Waals surface area contributed by atoms with Crippen LogP contribution in [0.1, 0.15) is 0 Å². The molecule has 4 heterocycles. The molecule has 53 heavy (non-hydrogen) atoms. The first-order valence-corrected chi connectivity index (χ1v) is 18.2. The zero-order valence-corrected chi connectivity index (χ0v) is 28.8. The average molecular weight is 699 g/mol. The zero-order valence-electron chi connectivity index (χ0n) is 28.0. The van der Waals surface area contributed by atoms with E-state index in [4.69, 9.17) is 28.8 Å². The molecular weight excluding hydrogens is 673 g/mol. The number of fused-ring (bicyclic) bond motifs is 7. The van der Waals surface area contributed by atoms with Crippen LogP contribution in [0.3, 0.4) is 0 Å². The van der Waals surface area contributed by atoms with Gasteiger partial charge in [0.05, 0.1) is 10.2 Å². The highest BCUT2D eigenvalue weighted by Gasteiger charge is 2.20. The van der Waals surface area contributed by atoms with Gasteiger partial charge >= 0.3 is 0 Å². The smallest absolute Gasteiger partial charge is 0.164 e. The van der Waals surface area contributed by atoms with Gasteiger partial charge in [-0.3, -0.25) is 0 Å². The quantitative estimate of drug-likeness (QED) is 0.178. The normalized spacial score (nSPS) is 11.8. The molecule has 11 aromatic rings. The molecule has 0 aliphatic carbocycles. The molecule has 4 aromatic heterocycles. The Hall–Kier alpha value is -6.96. The Balaban J connectivity index is 1.04. The van der Waals surface area contributed by atoms with E-state index in [9.17, 15) is 0 Å². The van der Waals surface area contributed by atoms with E-state index in [2.05, 4.69) is 78.9 Å². The predicted molar refractivity (Wildman–Crippen MR) is 215 cm³/mol. The van der Waals surface area contributed by atoms with Gasteiger partial charge in [-0.05, 0) is 53.6 Å². The van der Waals surface area contributed by atoms with Crippen molar-refractivity contribution in [2.24, 2.45) is 0 Å². The van der Waals surface area contributed by atoms with Crippen LogP contribution in [0.2, 0.25) is 0 Å². The number of thiazole rings is 1. The van der Waals surface area contributed by atoms with E-state index < -0.39 is 0 Å². The Morgan fingerprint density at radius 3 is 1.72 bits per heavy atom. The van der Waals surface area contributed by atoms with Gasteiger partial charge < -0.3 is 8.83 Å². The molecule has 0 bridgehead atoms. The fraction of sp³-hybridized carbons (Fsp3) is 0. The molecule has 7 heteroatoms. The molecule has 0 aliphatic rings. The summed E-state index contributed by atoms with van der Waals surface area (Å²) in [6.45, 7) is 0. The molecular formula is C46H26N4O2S. The van der Waals surface area contributed by atoms with Gasteiger partial charge in [-0.15, -0.1) is 11.3 Å². The minimum Gasteiger partial charge on any atom is -0.456 e.